The number of fused-ring (bicyclic) bond motifs is 1. The number of para-hydroxylation sites is 1. The van der Waals surface area contributed by atoms with E-state index in [0.717, 1.165) is 16.6 Å². The van der Waals surface area contributed by atoms with Gasteiger partial charge in [0.25, 0.3) is 0 Å². The molecule has 3 aromatic rings. The molecule has 5 heteroatoms. The lowest BCUT2D eigenvalue weighted by atomic mass is 10.2. The van der Waals surface area contributed by atoms with Crippen molar-refractivity contribution >= 4 is 28.2 Å². The van der Waals surface area contributed by atoms with Gasteiger partial charge < -0.3 is 4.74 Å². The van der Waals surface area contributed by atoms with E-state index in [9.17, 15) is 4.79 Å². The second-order valence-electron chi connectivity index (χ2n) is 3.91. The largest absolute Gasteiger partial charge is 0.465 e. The molecular formula is C14H10N2O2S. The van der Waals surface area contributed by atoms with E-state index in [1.54, 1.807) is 0 Å². The summed E-state index contributed by atoms with van der Waals surface area (Å²) in [7, 11) is 1.36. The Hall–Kier alpha value is -2.27. The zero-order valence-electron chi connectivity index (χ0n) is 10.2. The third-order valence-corrected chi connectivity index (χ3v) is 3.71. The Labute approximate surface area is 113 Å². The van der Waals surface area contributed by atoms with Gasteiger partial charge in [-0.1, -0.05) is 24.3 Å². The number of carbonyl (C=O) groups excluding carboxylic acids is 1. The number of methoxy groups -OCH3 is 1. The smallest absolute Gasteiger partial charge is 0.349 e. The Kier molecular flexibility index (Phi) is 2.97. The maximum atomic E-state index is 11.4. The number of esters is 1. The fraction of sp³-hybridized carbons (Fsp3) is 0.0714. The summed E-state index contributed by atoms with van der Waals surface area (Å²) in [5.41, 5.74) is 1.67. The number of aromatic nitrogens is 2. The van der Waals surface area contributed by atoms with Gasteiger partial charge >= 0.3 is 5.97 Å². The molecule has 0 unspecified atom stereocenters. The molecule has 3 rings (SSSR count). The number of benzene rings is 1. The average molecular weight is 270 g/mol. The minimum absolute atomic E-state index is 0.371. The standard InChI is InChI=1S/C14H10N2O2S/c1-18-14(17)12-8-15-13(19-12)11-7-6-9-4-2-3-5-10(9)16-11/h2-8H,1H3. The van der Waals surface area contributed by atoms with Gasteiger partial charge in [-0.15, -0.1) is 11.3 Å². The van der Waals surface area contributed by atoms with Gasteiger partial charge in [-0.05, 0) is 12.1 Å². The highest BCUT2D eigenvalue weighted by Crippen LogP contribution is 2.25. The molecule has 19 heavy (non-hydrogen) atoms. The molecule has 0 fully saturated rings. The van der Waals surface area contributed by atoms with Crippen molar-refractivity contribution in [2.45, 2.75) is 0 Å². The van der Waals surface area contributed by atoms with Crippen LogP contribution in [0.15, 0.2) is 42.6 Å². The minimum Gasteiger partial charge on any atom is -0.465 e. The lowest BCUT2D eigenvalue weighted by Crippen LogP contribution is -1.96. The molecular weight excluding hydrogens is 260 g/mol. The molecule has 0 aliphatic heterocycles. The summed E-state index contributed by atoms with van der Waals surface area (Å²) in [6.45, 7) is 0. The normalized spacial score (nSPS) is 10.6. The SMILES string of the molecule is COC(=O)c1cnc(-c2ccc3ccccc3n2)s1. The van der Waals surface area contributed by atoms with E-state index in [2.05, 4.69) is 14.7 Å². The van der Waals surface area contributed by atoms with Gasteiger partial charge in [-0.3, -0.25) is 0 Å². The molecule has 0 saturated carbocycles. The highest BCUT2D eigenvalue weighted by molar-refractivity contribution is 7.16. The Morgan fingerprint density at radius 1 is 1.21 bits per heavy atom. The van der Waals surface area contributed by atoms with Crippen molar-refractivity contribution in [3.8, 4) is 10.7 Å². The van der Waals surface area contributed by atoms with Gasteiger partial charge in [-0.25, -0.2) is 14.8 Å². The lowest BCUT2D eigenvalue weighted by Gasteiger charge is -1.99. The second kappa shape index (κ2) is 4.78. The van der Waals surface area contributed by atoms with Gasteiger partial charge in [-0.2, -0.15) is 0 Å². The molecule has 0 aliphatic rings. The van der Waals surface area contributed by atoms with E-state index in [1.165, 1.54) is 24.6 Å². The van der Waals surface area contributed by atoms with E-state index in [-0.39, 0.29) is 5.97 Å². The van der Waals surface area contributed by atoms with Gasteiger partial charge in [0.2, 0.25) is 0 Å². The Bertz CT molecular complexity index is 752. The fourth-order valence-corrected chi connectivity index (χ4v) is 2.58. The average Bonchev–Trinajstić information content (AvgIpc) is 2.95. The van der Waals surface area contributed by atoms with Crippen LogP contribution >= 0.6 is 11.3 Å². The fourth-order valence-electron chi connectivity index (χ4n) is 1.77. The minimum atomic E-state index is -0.371. The van der Waals surface area contributed by atoms with Crippen LogP contribution < -0.4 is 0 Å². The predicted molar refractivity (Wildman–Crippen MR) is 74.2 cm³/mol. The second-order valence-corrected chi connectivity index (χ2v) is 4.94. The molecule has 0 saturated heterocycles. The van der Waals surface area contributed by atoms with Crippen LogP contribution in [-0.4, -0.2) is 23.0 Å². The first-order valence-corrected chi connectivity index (χ1v) is 6.50. The first-order chi connectivity index (χ1) is 9.28. The lowest BCUT2D eigenvalue weighted by molar-refractivity contribution is 0.0606. The van der Waals surface area contributed by atoms with E-state index in [4.69, 9.17) is 0 Å². The highest BCUT2D eigenvalue weighted by atomic mass is 32.1. The summed E-state index contributed by atoms with van der Waals surface area (Å²) >= 11 is 1.28. The molecule has 4 nitrogen and oxygen atoms in total. The zero-order chi connectivity index (χ0) is 13.2. The molecule has 0 radical (unpaired) electrons. The molecule has 2 heterocycles. The first-order valence-electron chi connectivity index (χ1n) is 5.68. The van der Waals surface area contributed by atoms with Crippen molar-refractivity contribution in [1.82, 2.24) is 9.97 Å². The zero-order valence-corrected chi connectivity index (χ0v) is 11.0. The van der Waals surface area contributed by atoms with Gasteiger partial charge in [0, 0.05) is 5.39 Å². The van der Waals surface area contributed by atoms with Crippen LogP contribution in [-0.2, 0) is 4.74 Å². The van der Waals surface area contributed by atoms with E-state index < -0.39 is 0 Å². The maximum absolute atomic E-state index is 11.4. The van der Waals surface area contributed by atoms with E-state index >= 15 is 0 Å². The van der Waals surface area contributed by atoms with Crippen molar-refractivity contribution in [2.24, 2.45) is 0 Å². The molecule has 0 aliphatic carbocycles. The molecule has 0 bridgehead atoms. The number of ether oxygens (including phenoxy) is 1. The van der Waals surface area contributed by atoms with Crippen molar-refractivity contribution in [3.63, 3.8) is 0 Å². The third-order valence-electron chi connectivity index (χ3n) is 2.71. The monoisotopic (exact) mass is 270 g/mol. The molecule has 0 spiro atoms. The summed E-state index contributed by atoms with van der Waals surface area (Å²) < 4.78 is 4.67. The first kappa shape index (κ1) is 11.8. The van der Waals surface area contributed by atoms with Crippen LogP contribution in [0.4, 0.5) is 0 Å². The molecule has 0 amide bonds. The summed E-state index contributed by atoms with van der Waals surface area (Å²) in [4.78, 5) is 20.6. The number of rotatable bonds is 2. The number of pyridine rings is 1. The maximum Gasteiger partial charge on any atom is 0.349 e. The van der Waals surface area contributed by atoms with Gasteiger partial charge in [0.05, 0.1) is 24.5 Å². The number of hydrogen-bond acceptors (Lipinski definition) is 5. The van der Waals surface area contributed by atoms with Gasteiger partial charge in [0.1, 0.15) is 9.88 Å². The molecule has 2 aromatic heterocycles. The van der Waals surface area contributed by atoms with Crippen molar-refractivity contribution in [1.29, 1.82) is 0 Å². The molecule has 0 N–H and O–H groups in total. The summed E-state index contributed by atoms with van der Waals surface area (Å²) in [5, 5.41) is 1.79. The highest BCUT2D eigenvalue weighted by Gasteiger charge is 2.12. The molecule has 1 aromatic carbocycles. The number of carbonyl (C=O) groups is 1. The Morgan fingerprint density at radius 3 is 2.89 bits per heavy atom. The summed E-state index contributed by atoms with van der Waals surface area (Å²) in [6, 6.07) is 11.8. The van der Waals surface area contributed by atoms with Crippen LogP contribution in [0.2, 0.25) is 0 Å². The van der Waals surface area contributed by atoms with Crippen LogP contribution in [0.25, 0.3) is 21.6 Å². The quantitative estimate of drug-likeness (QED) is 0.671. The van der Waals surface area contributed by atoms with Crippen LogP contribution in [0, 0.1) is 0 Å². The van der Waals surface area contributed by atoms with Crippen molar-refractivity contribution in [2.75, 3.05) is 7.11 Å². The van der Waals surface area contributed by atoms with Crippen molar-refractivity contribution < 1.29 is 9.53 Å². The van der Waals surface area contributed by atoms with Crippen LogP contribution in [0.3, 0.4) is 0 Å². The number of hydrogen-bond donors (Lipinski definition) is 0. The Morgan fingerprint density at radius 2 is 2.05 bits per heavy atom. The molecule has 94 valence electrons. The van der Waals surface area contributed by atoms with Crippen LogP contribution in [0.5, 0.6) is 0 Å². The topological polar surface area (TPSA) is 52.1 Å². The summed E-state index contributed by atoms with van der Waals surface area (Å²) in [6.07, 6.45) is 1.52. The summed E-state index contributed by atoms with van der Waals surface area (Å²) in [5.74, 6) is -0.371. The van der Waals surface area contributed by atoms with Crippen molar-refractivity contribution in [3.05, 3.63) is 47.5 Å². The Balaban J connectivity index is 2.04. The van der Waals surface area contributed by atoms with E-state index in [1.807, 2.05) is 36.4 Å². The number of nitrogens with zero attached hydrogens (tertiary/aromatic N) is 2. The van der Waals surface area contributed by atoms with Crippen LogP contribution in [0.1, 0.15) is 9.67 Å². The predicted octanol–water partition coefficient (Wildman–Crippen LogP) is 3.14. The number of thiazole rings is 1. The third kappa shape index (κ3) is 2.20. The van der Waals surface area contributed by atoms with Gasteiger partial charge in [0.15, 0.2) is 0 Å². The molecule has 0 atom stereocenters. The van der Waals surface area contributed by atoms with E-state index in [0.29, 0.717) is 9.88 Å².